The Balaban J connectivity index is 2.52. The van der Waals surface area contributed by atoms with E-state index < -0.39 is 16.6 Å². The van der Waals surface area contributed by atoms with Crippen molar-refractivity contribution < 1.29 is 8.95 Å². The Kier molecular flexibility index (Phi) is 3.98. The Morgan fingerprint density at radius 3 is 2.38 bits per heavy atom. The van der Waals surface area contributed by atoms with Crippen LogP contribution in [0.4, 0.5) is 0 Å². The molecule has 0 fully saturated rings. The van der Waals surface area contributed by atoms with Crippen molar-refractivity contribution >= 4 is 16.6 Å². The first-order chi connectivity index (χ1) is 7.16. The van der Waals surface area contributed by atoms with E-state index in [4.69, 9.17) is 8.95 Å². The summed E-state index contributed by atoms with van der Waals surface area (Å²) in [6, 6.07) is 1.88. The van der Waals surface area contributed by atoms with E-state index in [9.17, 15) is 0 Å². The minimum Gasteiger partial charge on any atom is -0.529 e. The topological polar surface area (TPSA) is 47.3 Å². The van der Waals surface area contributed by atoms with Gasteiger partial charge in [-0.05, 0) is 24.8 Å². The van der Waals surface area contributed by atoms with Gasteiger partial charge in [-0.25, -0.2) is 0 Å². The first-order valence-electron chi connectivity index (χ1n) is 5.55. The van der Waals surface area contributed by atoms with Gasteiger partial charge in [0.25, 0.3) is 0 Å². The lowest BCUT2D eigenvalue weighted by atomic mass is 10.5. The van der Waals surface area contributed by atoms with E-state index in [2.05, 4.69) is 49.4 Å². The van der Waals surface area contributed by atoms with Crippen LogP contribution in [-0.2, 0) is 6.54 Å². The molecule has 0 bridgehead atoms. The summed E-state index contributed by atoms with van der Waals surface area (Å²) >= 11 is 0. The smallest absolute Gasteiger partial charge is 0.244 e. The normalized spacial score (nSPS) is 12.9. The predicted octanol–water partition coefficient (Wildman–Crippen LogP) is 2.81. The first kappa shape index (κ1) is 13.5. The standard InChI is InChI=1S/C10H22N2O2Si2/c1-15(2,3)11-8-9-7-10(12-13-9)14-16(4,5)6/h7,11H,8H2,1-6H3. The number of rotatable bonds is 5. The van der Waals surface area contributed by atoms with Crippen LogP contribution in [0.15, 0.2) is 10.6 Å². The summed E-state index contributed by atoms with van der Waals surface area (Å²) in [4.78, 5) is 3.48. The van der Waals surface area contributed by atoms with E-state index in [-0.39, 0.29) is 0 Å². The number of nitrogens with zero attached hydrogens (tertiary/aromatic N) is 1. The average Bonchev–Trinajstić information content (AvgIpc) is 2.44. The highest BCUT2D eigenvalue weighted by molar-refractivity contribution is 6.73. The summed E-state index contributed by atoms with van der Waals surface area (Å²) in [6.45, 7) is 13.9. The van der Waals surface area contributed by atoms with E-state index in [0.29, 0.717) is 5.88 Å². The maximum absolute atomic E-state index is 5.73. The molecule has 0 spiro atoms. The number of hydrogen-bond acceptors (Lipinski definition) is 4. The fraction of sp³-hybridized carbons (Fsp3) is 0.700. The molecule has 0 aliphatic rings. The maximum atomic E-state index is 5.73. The van der Waals surface area contributed by atoms with Crippen molar-refractivity contribution in [2.45, 2.75) is 45.8 Å². The lowest BCUT2D eigenvalue weighted by molar-refractivity contribution is 0.357. The van der Waals surface area contributed by atoms with E-state index in [1.807, 2.05) is 6.07 Å². The Morgan fingerprint density at radius 1 is 1.25 bits per heavy atom. The molecule has 1 heterocycles. The molecule has 0 aliphatic heterocycles. The monoisotopic (exact) mass is 258 g/mol. The van der Waals surface area contributed by atoms with Gasteiger partial charge < -0.3 is 13.9 Å². The van der Waals surface area contributed by atoms with Crippen molar-refractivity contribution in [3.8, 4) is 5.88 Å². The van der Waals surface area contributed by atoms with Crippen LogP contribution in [0.5, 0.6) is 5.88 Å². The molecule has 1 aromatic rings. The van der Waals surface area contributed by atoms with Gasteiger partial charge in [0.1, 0.15) is 8.24 Å². The zero-order valence-corrected chi connectivity index (χ0v) is 13.0. The van der Waals surface area contributed by atoms with Crippen LogP contribution in [0.2, 0.25) is 39.3 Å². The molecular formula is C10H22N2O2Si2. The summed E-state index contributed by atoms with van der Waals surface area (Å²) in [5.74, 6) is 1.46. The molecule has 6 heteroatoms. The van der Waals surface area contributed by atoms with Crippen LogP contribution >= 0.6 is 0 Å². The van der Waals surface area contributed by atoms with Gasteiger partial charge in [0, 0.05) is 6.07 Å². The van der Waals surface area contributed by atoms with Crippen LogP contribution in [0.3, 0.4) is 0 Å². The Morgan fingerprint density at radius 2 is 1.88 bits per heavy atom. The minimum absolute atomic E-state index is 0.617. The second-order valence-corrected chi connectivity index (χ2v) is 15.2. The largest absolute Gasteiger partial charge is 0.529 e. The van der Waals surface area contributed by atoms with Crippen molar-refractivity contribution in [3.63, 3.8) is 0 Å². The van der Waals surface area contributed by atoms with Gasteiger partial charge in [-0.2, -0.15) is 0 Å². The summed E-state index contributed by atoms with van der Waals surface area (Å²) < 4.78 is 10.9. The summed E-state index contributed by atoms with van der Waals surface area (Å²) in [5.41, 5.74) is 0. The maximum Gasteiger partial charge on any atom is 0.244 e. The molecule has 0 atom stereocenters. The fourth-order valence-corrected chi connectivity index (χ4v) is 2.52. The highest BCUT2D eigenvalue weighted by Crippen LogP contribution is 2.16. The number of nitrogens with one attached hydrogen (secondary N) is 1. The first-order valence-corrected chi connectivity index (χ1v) is 12.5. The molecule has 0 radical (unpaired) electrons. The van der Waals surface area contributed by atoms with Gasteiger partial charge in [-0.1, -0.05) is 19.6 Å². The van der Waals surface area contributed by atoms with E-state index >= 15 is 0 Å². The molecule has 1 rings (SSSR count). The van der Waals surface area contributed by atoms with Crippen molar-refractivity contribution in [2.75, 3.05) is 0 Å². The molecule has 1 aromatic heterocycles. The van der Waals surface area contributed by atoms with Crippen molar-refractivity contribution in [2.24, 2.45) is 0 Å². The zero-order chi connectivity index (χ0) is 12.4. The molecular weight excluding hydrogens is 236 g/mol. The van der Waals surface area contributed by atoms with Gasteiger partial charge in [0.05, 0.1) is 6.54 Å². The molecule has 0 aromatic carbocycles. The third kappa shape index (κ3) is 5.48. The molecule has 16 heavy (non-hydrogen) atoms. The summed E-state index contributed by atoms with van der Waals surface area (Å²) in [6.07, 6.45) is 0. The molecule has 0 aliphatic carbocycles. The quantitative estimate of drug-likeness (QED) is 0.825. The van der Waals surface area contributed by atoms with Gasteiger partial charge in [-0.3, -0.25) is 0 Å². The third-order valence-electron chi connectivity index (χ3n) is 1.74. The van der Waals surface area contributed by atoms with Crippen molar-refractivity contribution in [3.05, 3.63) is 11.8 Å². The Labute approximate surface area is 99.6 Å². The lowest BCUT2D eigenvalue weighted by Gasteiger charge is -2.16. The summed E-state index contributed by atoms with van der Waals surface area (Å²) in [7, 11) is -2.83. The van der Waals surface area contributed by atoms with Crippen LogP contribution in [0.25, 0.3) is 0 Å². The Bertz CT molecular complexity index is 339. The summed E-state index contributed by atoms with van der Waals surface area (Å²) in [5, 5.41) is 3.92. The SMILES string of the molecule is C[Si](C)(C)NCc1cc(O[Si](C)(C)C)no1. The van der Waals surface area contributed by atoms with Gasteiger partial charge in [0.2, 0.25) is 14.2 Å². The highest BCUT2D eigenvalue weighted by Gasteiger charge is 2.19. The van der Waals surface area contributed by atoms with Gasteiger partial charge in [-0.15, -0.1) is 0 Å². The van der Waals surface area contributed by atoms with Crippen LogP contribution in [0.1, 0.15) is 5.76 Å². The fourth-order valence-electron chi connectivity index (χ4n) is 1.09. The second kappa shape index (κ2) is 4.72. The number of hydrogen-bond donors (Lipinski definition) is 1. The highest BCUT2D eigenvalue weighted by atomic mass is 28.4. The molecule has 4 nitrogen and oxygen atoms in total. The van der Waals surface area contributed by atoms with Crippen LogP contribution < -0.4 is 9.41 Å². The van der Waals surface area contributed by atoms with E-state index in [1.54, 1.807) is 0 Å². The van der Waals surface area contributed by atoms with E-state index in [1.165, 1.54) is 0 Å². The van der Waals surface area contributed by atoms with Crippen molar-refractivity contribution in [1.29, 1.82) is 0 Å². The zero-order valence-electron chi connectivity index (χ0n) is 11.0. The van der Waals surface area contributed by atoms with Crippen LogP contribution in [-0.4, -0.2) is 21.7 Å². The average molecular weight is 258 g/mol. The number of aromatic nitrogens is 1. The molecule has 0 saturated carbocycles. The lowest BCUT2D eigenvalue weighted by Crippen LogP contribution is -2.40. The Hall–Kier alpha value is -0.596. The molecule has 1 N–H and O–H groups in total. The molecule has 0 saturated heterocycles. The van der Waals surface area contributed by atoms with Gasteiger partial charge >= 0.3 is 0 Å². The van der Waals surface area contributed by atoms with Crippen LogP contribution in [0, 0.1) is 0 Å². The van der Waals surface area contributed by atoms with Crippen molar-refractivity contribution in [1.82, 2.24) is 10.1 Å². The predicted molar refractivity (Wildman–Crippen MR) is 70.7 cm³/mol. The molecule has 0 amide bonds. The van der Waals surface area contributed by atoms with Gasteiger partial charge in [0.15, 0.2) is 5.76 Å². The third-order valence-corrected chi connectivity index (χ3v) is 3.80. The second-order valence-electron chi connectivity index (χ2n) is 5.95. The minimum atomic E-state index is -1.58. The molecule has 0 unspecified atom stereocenters. The van der Waals surface area contributed by atoms with E-state index in [0.717, 1.165) is 12.3 Å². The molecule has 92 valence electrons.